The molecule has 14 heavy (non-hydrogen) atoms. The molecule has 0 aliphatic carbocycles. The molecule has 0 spiro atoms. The number of hydrogen-bond donors (Lipinski definition) is 1. The van der Waals surface area contributed by atoms with Gasteiger partial charge in [0.15, 0.2) is 5.78 Å². The summed E-state index contributed by atoms with van der Waals surface area (Å²) in [4.78, 5) is 11.0. The van der Waals surface area contributed by atoms with Gasteiger partial charge in [0.1, 0.15) is 5.75 Å². The van der Waals surface area contributed by atoms with Crippen molar-refractivity contribution in [2.75, 3.05) is 0 Å². The first-order valence-corrected chi connectivity index (χ1v) is 4.83. The number of Topliss-reactive ketones (excluding diaryl/α,β-unsaturated/α-hetero) is 1. The summed E-state index contributed by atoms with van der Waals surface area (Å²) >= 11 is 1.78. The van der Waals surface area contributed by atoms with Crippen molar-refractivity contribution in [1.82, 2.24) is 0 Å². The molecular weight excluding hydrogens is 305 g/mol. The number of alkyl halides is 2. The lowest BCUT2D eigenvalue weighted by Gasteiger charge is -2.07. The van der Waals surface area contributed by atoms with Gasteiger partial charge in [0.05, 0.1) is 3.57 Å². The van der Waals surface area contributed by atoms with E-state index in [4.69, 9.17) is 0 Å². The molecule has 1 rings (SSSR count). The minimum Gasteiger partial charge on any atom is -0.507 e. The van der Waals surface area contributed by atoms with Crippen molar-refractivity contribution >= 4 is 28.4 Å². The van der Waals surface area contributed by atoms with E-state index in [-0.39, 0.29) is 11.3 Å². The van der Waals surface area contributed by atoms with Crippen molar-refractivity contribution in [3.63, 3.8) is 0 Å². The molecule has 0 saturated carbocycles. The summed E-state index contributed by atoms with van der Waals surface area (Å²) in [5.41, 5.74) is -0.461. The van der Waals surface area contributed by atoms with Crippen LogP contribution in [0.25, 0.3) is 0 Å². The topological polar surface area (TPSA) is 37.3 Å². The predicted molar refractivity (Wildman–Crippen MR) is 55.8 cm³/mol. The van der Waals surface area contributed by atoms with Gasteiger partial charge >= 0.3 is 0 Å². The van der Waals surface area contributed by atoms with Crippen LogP contribution in [0.15, 0.2) is 12.1 Å². The van der Waals surface area contributed by atoms with Crippen LogP contribution in [0.5, 0.6) is 5.75 Å². The number of ketones is 1. The fraction of sp³-hybridized carbons (Fsp3) is 0.222. The maximum atomic E-state index is 12.4. The molecule has 0 aliphatic rings. The van der Waals surface area contributed by atoms with E-state index in [0.29, 0.717) is 3.57 Å². The average Bonchev–Trinajstić information content (AvgIpc) is 2.08. The number of rotatable bonds is 2. The first-order chi connectivity index (χ1) is 6.43. The van der Waals surface area contributed by atoms with Crippen LogP contribution in [0.1, 0.15) is 29.3 Å². The second kappa shape index (κ2) is 4.20. The Morgan fingerprint density at radius 3 is 2.50 bits per heavy atom. The maximum Gasteiger partial charge on any atom is 0.264 e. The molecule has 2 nitrogen and oxygen atoms in total. The van der Waals surface area contributed by atoms with E-state index in [2.05, 4.69) is 0 Å². The van der Waals surface area contributed by atoms with Crippen molar-refractivity contribution in [3.8, 4) is 5.75 Å². The summed E-state index contributed by atoms with van der Waals surface area (Å²) in [6.45, 7) is 1.22. The van der Waals surface area contributed by atoms with Crippen LogP contribution in [0, 0.1) is 3.57 Å². The summed E-state index contributed by atoms with van der Waals surface area (Å²) in [6.07, 6.45) is -2.75. The lowest BCUT2D eigenvalue weighted by atomic mass is 10.0. The molecule has 1 aromatic carbocycles. The van der Waals surface area contributed by atoms with E-state index >= 15 is 0 Å². The molecule has 0 fully saturated rings. The first-order valence-electron chi connectivity index (χ1n) is 3.75. The average molecular weight is 312 g/mol. The molecule has 0 aromatic heterocycles. The Labute approximate surface area is 93.1 Å². The van der Waals surface area contributed by atoms with E-state index in [1.165, 1.54) is 13.0 Å². The Hall–Kier alpha value is -0.720. The minimum absolute atomic E-state index is 0.0396. The van der Waals surface area contributed by atoms with Gasteiger partial charge in [0, 0.05) is 11.1 Å². The first kappa shape index (κ1) is 11.4. The van der Waals surface area contributed by atoms with Crippen molar-refractivity contribution in [2.24, 2.45) is 0 Å². The van der Waals surface area contributed by atoms with Crippen LogP contribution in [0.2, 0.25) is 0 Å². The second-order valence-corrected chi connectivity index (χ2v) is 3.91. The Balaban J connectivity index is 3.39. The number of carbonyl (C=O) groups excluding carboxylic acids is 1. The summed E-state index contributed by atoms with van der Waals surface area (Å²) < 4.78 is 25.3. The molecule has 5 heteroatoms. The Morgan fingerprint density at radius 1 is 1.50 bits per heavy atom. The quantitative estimate of drug-likeness (QED) is 0.673. The van der Waals surface area contributed by atoms with Crippen molar-refractivity contribution in [3.05, 3.63) is 26.8 Å². The van der Waals surface area contributed by atoms with Gasteiger partial charge in [-0.2, -0.15) is 0 Å². The van der Waals surface area contributed by atoms with Crippen LogP contribution in [-0.4, -0.2) is 10.9 Å². The largest absolute Gasteiger partial charge is 0.507 e. The van der Waals surface area contributed by atoms with Gasteiger partial charge in [0.25, 0.3) is 6.43 Å². The minimum atomic E-state index is -2.75. The van der Waals surface area contributed by atoms with Crippen LogP contribution in [0.4, 0.5) is 8.78 Å². The standard InChI is InChI=1S/C9H7F2IO2/c1-4(13)5-2-7(12)8(14)3-6(5)9(10)11/h2-3,9,14H,1H3. The maximum absolute atomic E-state index is 12.4. The number of hydrogen-bond acceptors (Lipinski definition) is 2. The molecule has 0 unspecified atom stereocenters. The molecule has 76 valence electrons. The fourth-order valence-corrected chi connectivity index (χ4v) is 1.53. The van der Waals surface area contributed by atoms with E-state index in [1.54, 1.807) is 22.6 Å². The highest BCUT2D eigenvalue weighted by Gasteiger charge is 2.18. The van der Waals surface area contributed by atoms with Crippen LogP contribution in [-0.2, 0) is 0 Å². The molecule has 0 amide bonds. The lowest BCUT2D eigenvalue weighted by Crippen LogP contribution is -2.01. The normalized spacial score (nSPS) is 10.6. The van der Waals surface area contributed by atoms with E-state index in [1.807, 2.05) is 0 Å². The van der Waals surface area contributed by atoms with Gasteiger partial charge in [-0.25, -0.2) is 8.78 Å². The number of aromatic hydroxyl groups is 1. The predicted octanol–water partition coefficient (Wildman–Crippen LogP) is 3.14. The van der Waals surface area contributed by atoms with Gasteiger partial charge in [-0.15, -0.1) is 0 Å². The Kier molecular flexibility index (Phi) is 3.41. The molecule has 0 radical (unpaired) electrons. The van der Waals surface area contributed by atoms with Gasteiger partial charge in [0.2, 0.25) is 0 Å². The number of carbonyl (C=O) groups is 1. The highest BCUT2D eigenvalue weighted by Crippen LogP contribution is 2.30. The van der Waals surface area contributed by atoms with E-state index in [0.717, 1.165) is 6.07 Å². The molecule has 1 N–H and O–H groups in total. The van der Waals surface area contributed by atoms with Gasteiger partial charge < -0.3 is 5.11 Å². The summed E-state index contributed by atoms with van der Waals surface area (Å²) in [5, 5.41) is 9.20. The number of phenolic OH excluding ortho intramolecular Hbond substituents is 1. The third kappa shape index (κ3) is 2.20. The Bertz CT molecular complexity index is 377. The molecule has 1 aromatic rings. The van der Waals surface area contributed by atoms with Gasteiger partial charge in [-0.1, -0.05) is 0 Å². The lowest BCUT2D eigenvalue weighted by molar-refractivity contribution is 0.0998. The molecule has 0 heterocycles. The van der Waals surface area contributed by atoms with Crippen molar-refractivity contribution in [2.45, 2.75) is 13.3 Å². The SMILES string of the molecule is CC(=O)c1cc(I)c(O)cc1C(F)F. The third-order valence-corrected chi connectivity index (χ3v) is 2.60. The molecule has 0 bridgehead atoms. The van der Waals surface area contributed by atoms with E-state index in [9.17, 15) is 18.7 Å². The molecule has 0 aliphatic heterocycles. The fourth-order valence-electron chi connectivity index (χ4n) is 1.06. The summed E-state index contributed by atoms with van der Waals surface area (Å²) in [7, 11) is 0. The summed E-state index contributed by atoms with van der Waals surface area (Å²) in [5.74, 6) is -0.663. The monoisotopic (exact) mass is 312 g/mol. The third-order valence-electron chi connectivity index (χ3n) is 1.73. The van der Waals surface area contributed by atoms with Gasteiger partial charge in [-0.05, 0) is 41.6 Å². The zero-order valence-corrected chi connectivity index (χ0v) is 9.38. The Morgan fingerprint density at radius 2 is 2.07 bits per heavy atom. The highest BCUT2D eigenvalue weighted by atomic mass is 127. The van der Waals surface area contributed by atoms with Crippen LogP contribution < -0.4 is 0 Å². The van der Waals surface area contributed by atoms with E-state index < -0.39 is 17.8 Å². The van der Waals surface area contributed by atoms with Crippen molar-refractivity contribution in [1.29, 1.82) is 0 Å². The number of benzene rings is 1. The summed E-state index contributed by atoms with van der Waals surface area (Å²) in [6, 6.07) is 2.20. The zero-order chi connectivity index (χ0) is 10.9. The van der Waals surface area contributed by atoms with Crippen LogP contribution >= 0.6 is 22.6 Å². The number of phenols is 1. The van der Waals surface area contributed by atoms with Crippen molar-refractivity contribution < 1.29 is 18.7 Å². The number of halogens is 3. The zero-order valence-electron chi connectivity index (χ0n) is 7.22. The molecular formula is C9H7F2IO2. The smallest absolute Gasteiger partial charge is 0.264 e. The second-order valence-electron chi connectivity index (χ2n) is 2.75. The highest BCUT2D eigenvalue weighted by molar-refractivity contribution is 14.1. The van der Waals surface area contributed by atoms with Gasteiger partial charge in [-0.3, -0.25) is 4.79 Å². The molecule has 0 saturated heterocycles. The van der Waals surface area contributed by atoms with Crippen LogP contribution in [0.3, 0.4) is 0 Å². The molecule has 0 atom stereocenters.